The molecule has 2 heterocycles. The summed E-state index contributed by atoms with van der Waals surface area (Å²) in [6, 6.07) is 1.82. The third-order valence-electron chi connectivity index (χ3n) is 3.55. The van der Waals surface area contributed by atoms with E-state index in [1.807, 2.05) is 26.8 Å². The van der Waals surface area contributed by atoms with Gasteiger partial charge in [0, 0.05) is 43.5 Å². The summed E-state index contributed by atoms with van der Waals surface area (Å²) in [6.07, 6.45) is 3.91. The first-order chi connectivity index (χ1) is 10.00. The molecule has 0 unspecified atom stereocenters. The molecule has 6 nitrogen and oxygen atoms in total. The highest BCUT2D eigenvalue weighted by Gasteiger charge is 2.30. The highest BCUT2D eigenvalue weighted by molar-refractivity contribution is 5.70. The molecule has 0 bridgehead atoms. The molecule has 1 aromatic heterocycles. The van der Waals surface area contributed by atoms with E-state index in [1.165, 1.54) is 0 Å². The number of carbonyl (C=O) groups excluding carboxylic acids is 1. The number of nitrogens with one attached hydrogen (secondary N) is 1. The molecule has 1 aliphatic rings. The van der Waals surface area contributed by atoms with Crippen LogP contribution in [-0.2, 0) is 9.53 Å². The first kappa shape index (κ1) is 15.7. The quantitative estimate of drug-likeness (QED) is 0.763. The van der Waals surface area contributed by atoms with Crippen LogP contribution in [0.4, 0.5) is 5.95 Å². The molecule has 1 aliphatic heterocycles. The summed E-state index contributed by atoms with van der Waals surface area (Å²) < 4.78 is 5.00. The molecule has 0 saturated carbocycles. The third-order valence-corrected chi connectivity index (χ3v) is 3.55. The zero-order chi connectivity index (χ0) is 15.3. The van der Waals surface area contributed by atoms with Gasteiger partial charge in [-0.1, -0.05) is 0 Å². The summed E-state index contributed by atoms with van der Waals surface area (Å²) in [5.74, 6) is 1.21. The predicted molar refractivity (Wildman–Crippen MR) is 81.1 cm³/mol. The number of hydrogen-bond donors (Lipinski definition) is 1. The molecule has 6 heteroatoms. The van der Waals surface area contributed by atoms with Crippen molar-refractivity contribution >= 4 is 11.9 Å². The number of ether oxygens (including phenoxy) is 1. The van der Waals surface area contributed by atoms with Gasteiger partial charge in [0.1, 0.15) is 0 Å². The highest BCUT2D eigenvalue weighted by atomic mass is 16.5. The second-order valence-corrected chi connectivity index (χ2v) is 6.07. The molecule has 1 N–H and O–H groups in total. The zero-order valence-corrected chi connectivity index (χ0v) is 13.0. The van der Waals surface area contributed by atoms with Crippen LogP contribution in [0, 0.1) is 5.92 Å². The number of esters is 1. The monoisotopic (exact) mass is 292 g/mol. The van der Waals surface area contributed by atoms with Crippen LogP contribution in [0.2, 0.25) is 0 Å². The van der Waals surface area contributed by atoms with Crippen molar-refractivity contribution in [2.75, 3.05) is 31.1 Å². The topological polar surface area (TPSA) is 67.3 Å². The Morgan fingerprint density at radius 3 is 2.71 bits per heavy atom. The molecular formula is C15H24N4O2. The SMILES string of the molecule is CCOC(=O)CC(C)(C)NCC1CN(c2ncccn2)C1. The largest absolute Gasteiger partial charge is 0.466 e. The van der Waals surface area contributed by atoms with Gasteiger partial charge in [0.15, 0.2) is 0 Å². The summed E-state index contributed by atoms with van der Waals surface area (Å²) in [7, 11) is 0. The number of nitrogens with zero attached hydrogens (tertiary/aromatic N) is 3. The van der Waals surface area contributed by atoms with E-state index in [4.69, 9.17) is 4.74 Å². The Bertz CT molecular complexity index is 458. The molecule has 2 rings (SSSR count). The first-order valence-corrected chi connectivity index (χ1v) is 7.43. The van der Waals surface area contributed by atoms with Crippen LogP contribution in [0.5, 0.6) is 0 Å². The van der Waals surface area contributed by atoms with E-state index in [1.54, 1.807) is 12.4 Å². The van der Waals surface area contributed by atoms with Gasteiger partial charge in [-0.25, -0.2) is 9.97 Å². The second kappa shape index (κ2) is 6.85. The number of hydrogen-bond acceptors (Lipinski definition) is 6. The maximum Gasteiger partial charge on any atom is 0.307 e. The number of anilines is 1. The normalized spacial score (nSPS) is 15.7. The van der Waals surface area contributed by atoms with Crippen LogP contribution in [0.3, 0.4) is 0 Å². The minimum absolute atomic E-state index is 0.150. The zero-order valence-electron chi connectivity index (χ0n) is 13.0. The Morgan fingerprint density at radius 2 is 2.10 bits per heavy atom. The third kappa shape index (κ3) is 4.67. The van der Waals surface area contributed by atoms with E-state index in [-0.39, 0.29) is 11.5 Å². The van der Waals surface area contributed by atoms with Crippen molar-refractivity contribution in [3.05, 3.63) is 18.5 Å². The lowest BCUT2D eigenvalue weighted by Gasteiger charge is -2.40. The summed E-state index contributed by atoms with van der Waals surface area (Å²) >= 11 is 0. The molecule has 21 heavy (non-hydrogen) atoms. The molecule has 1 fully saturated rings. The van der Waals surface area contributed by atoms with Gasteiger partial charge in [0.2, 0.25) is 5.95 Å². The van der Waals surface area contributed by atoms with Crippen molar-refractivity contribution in [2.24, 2.45) is 5.92 Å². The fourth-order valence-electron chi connectivity index (χ4n) is 2.37. The van der Waals surface area contributed by atoms with Crippen molar-refractivity contribution in [1.82, 2.24) is 15.3 Å². The Balaban J connectivity index is 1.69. The molecule has 0 amide bonds. The van der Waals surface area contributed by atoms with Gasteiger partial charge in [0.05, 0.1) is 13.0 Å². The van der Waals surface area contributed by atoms with Crippen LogP contribution in [0.15, 0.2) is 18.5 Å². The second-order valence-electron chi connectivity index (χ2n) is 6.07. The Hall–Kier alpha value is -1.69. The van der Waals surface area contributed by atoms with Crippen LogP contribution < -0.4 is 10.2 Å². The average Bonchev–Trinajstić information content (AvgIpc) is 2.37. The van der Waals surface area contributed by atoms with E-state index in [0.29, 0.717) is 18.9 Å². The van der Waals surface area contributed by atoms with Gasteiger partial charge >= 0.3 is 5.97 Å². The van der Waals surface area contributed by atoms with Gasteiger partial charge in [-0.3, -0.25) is 4.79 Å². The standard InChI is InChI=1S/C15H24N4O2/c1-4-21-13(20)8-15(2,3)18-9-12-10-19(11-12)14-16-6-5-7-17-14/h5-7,12,18H,4,8-11H2,1-3H3. The molecule has 116 valence electrons. The van der Waals surface area contributed by atoms with E-state index in [2.05, 4.69) is 20.2 Å². The lowest BCUT2D eigenvalue weighted by molar-refractivity contribution is -0.144. The van der Waals surface area contributed by atoms with Crippen LogP contribution >= 0.6 is 0 Å². The maximum atomic E-state index is 11.5. The molecule has 0 atom stereocenters. The van der Waals surface area contributed by atoms with Crippen LogP contribution in [0.1, 0.15) is 27.2 Å². The smallest absolute Gasteiger partial charge is 0.307 e. The molecule has 0 spiro atoms. The van der Waals surface area contributed by atoms with Crippen molar-refractivity contribution in [2.45, 2.75) is 32.7 Å². The molecule has 1 saturated heterocycles. The number of carbonyl (C=O) groups is 1. The van der Waals surface area contributed by atoms with Crippen LogP contribution in [-0.4, -0.2) is 47.7 Å². The fraction of sp³-hybridized carbons (Fsp3) is 0.667. The Kier molecular flexibility index (Phi) is 5.12. The van der Waals surface area contributed by atoms with Gasteiger partial charge in [-0.05, 0) is 26.8 Å². The van der Waals surface area contributed by atoms with E-state index < -0.39 is 0 Å². The average molecular weight is 292 g/mol. The fourth-order valence-corrected chi connectivity index (χ4v) is 2.37. The number of rotatable bonds is 7. The summed E-state index contributed by atoms with van der Waals surface area (Å²) in [5, 5.41) is 3.45. The van der Waals surface area contributed by atoms with Crippen molar-refractivity contribution in [3.63, 3.8) is 0 Å². The lowest BCUT2D eigenvalue weighted by Crippen LogP contribution is -2.54. The molecule has 0 aromatic carbocycles. The molecule has 0 radical (unpaired) electrons. The Morgan fingerprint density at radius 1 is 1.43 bits per heavy atom. The molecule has 0 aliphatic carbocycles. The van der Waals surface area contributed by atoms with Crippen LogP contribution in [0.25, 0.3) is 0 Å². The highest BCUT2D eigenvalue weighted by Crippen LogP contribution is 2.21. The first-order valence-electron chi connectivity index (χ1n) is 7.43. The summed E-state index contributed by atoms with van der Waals surface area (Å²) in [6.45, 7) is 9.10. The maximum absolute atomic E-state index is 11.5. The molecule has 1 aromatic rings. The Labute approximate surface area is 125 Å². The van der Waals surface area contributed by atoms with Gasteiger partial charge in [-0.2, -0.15) is 0 Å². The van der Waals surface area contributed by atoms with Gasteiger partial charge in [0.25, 0.3) is 0 Å². The summed E-state index contributed by atoms with van der Waals surface area (Å²) in [5.41, 5.74) is -0.240. The van der Waals surface area contributed by atoms with E-state index in [9.17, 15) is 4.79 Å². The minimum Gasteiger partial charge on any atom is -0.466 e. The van der Waals surface area contributed by atoms with Gasteiger partial charge in [-0.15, -0.1) is 0 Å². The minimum atomic E-state index is -0.240. The van der Waals surface area contributed by atoms with Gasteiger partial charge < -0.3 is 15.0 Å². The summed E-state index contributed by atoms with van der Waals surface area (Å²) in [4.78, 5) is 22.2. The van der Waals surface area contributed by atoms with Crippen molar-refractivity contribution < 1.29 is 9.53 Å². The van der Waals surface area contributed by atoms with E-state index in [0.717, 1.165) is 25.6 Å². The van der Waals surface area contributed by atoms with Crippen molar-refractivity contribution in [1.29, 1.82) is 0 Å². The lowest BCUT2D eigenvalue weighted by atomic mass is 9.96. The molecular weight excluding hydrogens is 268 g/mol. The van der Waals surface area contributed by atoms with Crippen molar-refractivity contribution in [3.8, 4) is 0 Å². The predicted octanol–water partition coefficient (Wildman–Crippen LogP) is 1.23. The number of aromatic nitrogens is 2. The van der Waals surface area contributed by atoms with E-state index >= 15 is 0 Å².